The minimum atomic E-state index is -0.489. The number of tetrazole rings is 1. The fourth-order valence-corrected chi connectivity index (χ4v) is 4.96. The van der Waals surface area contributed by atoms with Crippen LogP contribution in [0.2, 0.25) is 0 Å². The zero-order valence-electron chi connectivity index (χ0n) is 21.0. The van der Waals surface area contributed by atoms with Gasteiger partial charge in [0, 0.05) is 24.7 Å². The summed E-state index contributed by atoms with van der Waals surface area (Å²) in [5.74, 6) is 0.932. The zero-order valence-corrected chi connectivity index (χ0v) is 21.0. The maximum Gasteiger partial charge on any atom is 0.309 e. The van der Waals surface area contributed by atoms with Crippen molar-refractivity contribution in [1.82, 2.24) is 30.1 Å². The number of methoxy groups -OCH3 is 1. The number of nitrogens with zero attached hydrogens (tertiary/aromatic N) is 5. The van der Waals surface area contributed by atoms with Gasteiger partial charge in [-0.15, -0.1) is 5.10 Å². The van der Waals surface area contributed by atoms with Crippen molar-refractivity contribution in [2.24, 2.45) is 5.92 Å². The SMILES string of the molecule is CCOC(=O)C1CCN([C@H](c2cc3ccc(OC)cc3[nH]c2=O)c2nnnn2Cc2ccccc2)CC1. The second-order valence-corrected chi connectivity index (χ2v) is 9.15. The Bertz CT molecular complexity index is 1430. The molecule has 1 aliphatic heterocycles. The molecule has 1 atom stereocenters. The van der Waals surface area contributed by atoms with Gasteiger partial charge in [-0.3, -0.25) is 14.5 Å². The Labute approximate surface area is 214 Å². The topological polar surface area (TPSA) is 115 Å². The molecule has 10 heteroatoms. The van der Waals surface area contributed by atoms with Crippen LogP contribution in [0.4, 0.5) is 0 Å². The molecule has 3 heterocycles. The van der Waals surface area contributed by atoms with Crippen LogP contribution in [0.5, 0.6) is 5.75 Å². The lowest BCUT2D eigenvalue weighted by molar-refractivity contribution is -0.149. The number of hydrogen-bond donors (Lipinski definition) is 1. The number of carbonyl (C=O) groups excluding carboxylic acids is 1. The van der Waals surface area contributed by atoms with Gasteiger partial charge in [0.1, 0.15) is 11.8 Å². The monoisotopic (exact) mass is 502 g/mol. The molecule has 1 saturated heterocycles. The molecule has 0 unspecified atom stereocenters. The van der Waals surface area contributed by atoms with Gasteiger partial charge in [0.05, 0.1) is 31.7 Å². The van der Waals surface area contributed by atoms with Crippen molar-refractivity contribution < 1.29 is 14.3 Å². The number of nitrogens with one attached hydrogen (secondary N) is 1. The van der Waals surface area contributed by atoms with E-state index in [9.17, 15) is 9.59 Å². The van der Waals surface area contributed by atoms with Gasteiger partial charge in [-0.05, 0) is 59.3 Å². The van der Waals surface area contributed by atoms with Gasteiger partial charge >= 0.3 is 5.97 Å². The number of aromatic amines is 1. The highest BCUT2D eigenvalue weighted by Crippen LogP contribution is 2.32. The van der Waals surface area contributed by atoms with Gasteiger partial charge in [-0.1, -0.05) is 30.3 Å². The van der Waals surface area contributed by atoms with Crippen molar-refractivity contribution in [3.05, 3.63) is 81.9 Å². The Morgan fingerprint density at radius 2 is 1.92 bits per heavy atom. The molecule has 0 aliphatic carbocycles. The molecule has 192 valence electrons. The number of aromatic nitrogens is 5. The Balaban J connectivity index is 1.54. The first-order chi connectivity index (χ1) is 18.1. The van der Waals surface area contributed by atoms with E-state index in [1.807, 2.05) is 55.5 Å². The van der Waals surface area contributed by atoms with E-state index in [0.29, 0.717) is 61.7 Å². The number of piperidine rings is 1. The number of rotatable bonds is 8. The first-order valence-electron chi connectivity index (χ1n) is 12.5. The first-order valence-corrected chi connectivity index (χ1v) is 12.5. The van der Waals surface area contributed by atoms with Crippen LogP contribution in [0, 0.1) is 5.92 Å². The number of H-pyrrole nitrogens is 1. The summed E-state index contributed by atoms with van der Waals surface area (Å²) in [5, 5.41) is 13.5. The minimum Gasteiger partial charge on any atom is -0.497 e. The van der Waals surface area contributed by atoms with E-state index in [4.69, 9.17) is 9.47 Å². The summed E-state index contributed by atoms with van der Waals surface area (Å²) >= 11 is 0. The van der Waals surface area contributed by atoms with Crippen LogP contribution in [-0.2, 0) is 16.1 Å². The molecular formula is C27H30N6O4. The molecule has 37 heavy (non-hydrogen) atoms. The third-order valence-electron chi connectivity index (χ3n) is 6.87. The average Bonchev–Trinajstić information content (AvgIpc) is 3.37. The standard InChI is InChI=1S/C27H30N6O4/c1-3-37-27(35)19-11-13-32(14-12-19)24(25-29-30-31-33(25)17-18-7-5-4-6-8-18)22-15-20-9-10-21(36-2)16-23(20)28-26(22)34/h4-10,15-16,19,24H,3,11-14,17H2,1-2H3,(H,28,34)/t24-/m1/s1. The summed E-state index contributed by atoms with van der Waals surface area (Å²) in [4.78, 5) is 31.0. The summed E-state index contributed by atoms with van der Waals surface area (Å²) in [5.41, 5.74) is 2.08. The second-order valence-electron chi connectivity index (χ2n) is 9.15. The van der Waals surface area contributed by atoms with E-state index >= 15 is 0 Å². The predicted molar refractivity (Wildman–Crippen MR) is 137 cm³/mol. The highest BCUT2D eigenvalue weighted by Gasteiger charge is 2.35. The number of likely N-dealkylation sites (tertiary alicyclic amines) is 1. The smallest absolute Gasteiger partial charge is 0.309 e. The quantitative estimate of drug-likeness (QED) is 0.366. The number of hydrogen-bond acceptors (Lipinski definition) is 8. The lowest BCUT2D eigenvalue weighted by Gasteiger charge is -2.36. The van der Waals surface area contributed by atoms with E-state index in [-0.39, 0.29) is 17.4 Å². The highest BCUT2D eigenvalue weighted by atomic mass is 16.5. The molecule has 1 aliphatic rings. The lowest BCUT2D eigenvalue weighted by atomic mass is 9.94. The number of ether oxygens (including phenoxy) is 2. The van der Waals surface area contributed by atoms with E-state index in [1.165, 1.54) is 0 Å². The maximum atomic E-state index is 13.5. The largest absolute Gasteiger partial charge is 0.497 e. The van der Waals surface area contributed by atoms with Crippen molar-refractivity contribution in [2.45, 2.75) is 32.4 Å². The van der Waals surface area contributed by atoms with Crippen molar-refractivity contribution >= 4 is 16.9 Å². The van der Waals surface area contributed by atoms with E-state index < -0.39 is 6.04 Å². The van der Waals surface area contributed by atoms with Crippen LogP contribution in [0.25, 0.3) is 10.9 Å². The zero-order chi connectivity index (χ0) is 25.8. The fraction of sp³-hybridized carbons (Fsp3) is 0.370. The number of fused-ring (bicyclic) bond motifs is 1. The van der Waals surface area contributed by atoms with Crippen LogP contribution in [0.3, 0.4) is 0 Å². The third kappa shape index (κ3) is 5.24. The second kappa shape index (κ2) is 10.9. The average molecular weight is 503 g/mol. The minimum absolute atomic E-state index is 0.153. The maximum absolute atomic E-state index is 13.5. The molecule has 2 aromatic carbocycles. The van der Waals surface area contributed by atoms with Crippen molar-refractivity contribution in [3.8, 4) is 5.75 Å². The number of carbonyl (C=O) groups is 1. The van der Waals surface area contributed by atoms with Crippen LogP contribution >= 0.6 is 0 Å². The van der Waals surface area contributed by atoms with E-state index in [1.54, 1.807) is 17.9 Å². The first kappa shape index (κ1) is 24.6. The Hall–Kier alpha value is -4.05. The fourth-order valence-electron chi connectivity index (χ4n) is 4.96. The van der Waals surface area contributed by atoms with Crippen molar-refractivity contribution in [1.29, 1.82) is 0 Å². The summed E-state index contributed by atoms with van der Waals surface area (Å²) in [6.07, 6.45) is 1.27. The highest BCUT2D eigenvalue weighted by molar-refractivity contribution is 5.80. The molecule has 0 amide bonds. The molecular weight excluding hydrogens is 472 g/mol. The molecule has 0 saturated carbocycles. The van der Waals surface area contributed by atoms with E-state index in [0.717, 1.165) is 10.9 Å². The molecule has 0 bridgehead atoms. The van der Waals surface area contributed by atoms with Crippen molar-refractivity contribution in [3.63, 3.8) is 0 Å². The summed E-state index contributed by atoms with van der Waals surface area (Å²) in [6, 6.07) is 16.9. The molecule has 4 aromatic rings. The summed E-state index contributed by atoms with van der Waals surface area (Å²) in [7, 11) is 1.59. The molecule has 10 nitrogen and oxygen atoms in total. The van der Waals surface area contributed by atoms with Gasteiger partial charge in [0.25, 0.3) is 5.56 Å². The van der Waals surface area contributed by atoms with Gasteiger partial charge in [0.15, 0.2) is 5.82 Å². The molecule has 0 spiro atoms. The van der Waals surface area contributed by atoms with Gasteiger partial charge in [-0.25, -0.2) is 4.68 Å². The van der Waals surface area contributed by atoms with Gasteiger partial charge in [-0.2, -0.15) is 0 Å². The van der Waals surface area contributed by atoms with Gasteiger partial charge < -0.3 is 14.5 Å². The number of esters is 1. The van der Waals surface area contributed by atoms with Crippen LogP contribution in [0.15, 0.2) is 59.4 Å². The molecule has 0 radical (unpaired) electrons. The Morgan fingerprint density at radius 1 is 1.14 bits per heavy atom. The lowest BCUT2D eigenvalue weighted by Crippen LogP contribution is -2.42. The summed E-state index contributed by atoms with van der Waals surface area (Å²) in [6.45, 7) is 3.87. The Kier molecular flexibility index (Phi) is 7.27. The van der Waals surface area contributed by atoms with E-state index in [2.05, 4.69) is 25.4 Å². The molecule has 5 rings (SSSR count). The van der Waals surface area contributed by atoms with Crippen LogP contribution in [-0.4, -0.2) is 62.9 Å². The normalized spacial score (nSPS) is 15.5. The molecule has 1 fully saturated rings. The van der Waals surface area contributed by atoms with Gasteiger partial charge in [0.2, 0.25) is 0 Å². The predicted octanol–water partition coefficient (Wildman–Crippen LogP) is 2.94. The van der Waals surface area contributed by atoms with Crippen LogP contribution in [0.1, 0.15) is 42.8 Å². The summed E-state index contributed by atoms with van der Waals surface area (Å²) < 4.78 is 12.3. The molecule has 1 N–H and O–H groups in total. The van der Waals surface area contributed by atoms with Crippen molar-refractivity contribution in [2.75, 3.05) is 26.8 Å². The third-order valence-corrected chi connectivity index (χ3v) is 6.87. The number of pyridine rings is 1. The number of benzene rings is 2. The Morgan fingerprint density at radius 3 is 2.65 bits per heavy atom. The van der Waals surface area contributed by atoms with Crippen LogP contribution < -0.4 is 10.3 Å². The molecule has 2 aromatic heterocycles.